The largest absolute Gasteiger partial charge is 0.451 e. The molecular formula is C19H18F6N4O. The summed E-state index contributed by atoms with van der Waals surface area (Å²) >= 11 is 0. The van der Waals surface area contributed by atoms with Crippen LogP contribution in [0.25, 0.3) is 11.3 Å². The number of ketones is 1. The molecule has 162 valence electrons. The van der Waals surface area contributed by atoms with Crippen LogP contribution in [0, 0.1) is 0 Å². The zero-order valence-corrected chi connectivity index (χ0v) is 15.8. The minimum Gasteiger partial charge on any atom is -0.302 e. The van der Waals surface area contributed by atoms with Crippen molar-refractivity contribution >= 4 is 5.78 Å². The molecule has 1 N–H and O–H groups in total. The minimum absolute atomic E-state index is 0.0339. The first-order valence-corrected chi connectivity index (χ1v) is 9.15. The Hall–Kier alpha value is -2.56. The van der Waals surface area contributed by atoms with Gasteiger partial charge in [0.25, 0.3) is 6.43 Å². The second-order valence-electron chi connectivity index (χ2n) is 7.09. The van der Waals surface area contributed by atoms with Gasteiger partial charge in [-0.3, -0.25) is 9.78 Å². The van der Waals surface area contributed by atoms with Crippen LogP contribution in [0.1, 0.15) is 43.1 Å². The number of nitrogens with one attached hydrogen (secondary N) is 1. The summed E-state index contributed by atoms with van der Waals surface area (Å²) in [6.07, 6.45) is -6.08. The molecule has 1 fully saturated rings. The van der Waals surface area contributed by atoms with Gasteiger partial charge >= 0.3 is 6.18 Å². The standard InChI is InChI=1S/C19H18F6N4O/c1-9-13(20)5-15(29-9)16(30)3-2-10-4-14(26-8-12(10)17(21)22)11-6-27-18(28-7-11)19(23,24)25/h4,6-9,13,15,17,29H,2-3,5H2,1H3/t9-,13+,15-/m0/s1. The number of nitrogens with zero attached hydrogens (tertiary/aromatic N) is 3. The van der Waals surface area contributed by atoms with Gasteiger partial charge in [0, 0.05) is 48.6 Å². The predicted molar refractivity (Wildman–Crippen MR) is 94.4 cm³/mol. The lowest BCUT2D eigenvalue weighted by atomic mass is 9.98. The number of aromatic nitrogens is 3. The Kier molecular flexibility index (Phi) is 6.39. The van der Waals surface area contributed by atoms with Crippen LogP contribution < -0.4 is 5.32 Å². The second kappa shape index (κ2) is 8.66. The average molecular weight is 432 g/mol. The Balaban J connectivity index is 1.79. The molecule has 0 unspecified atom stereocenters. The number of halogens is 6. The van der Waals surface area contributed by atoms with E-state index in [1.54, 1.807) is 6.92 Å². The molecule has 30 heavy (non-hydrogen) atoms. The maximum atomic E-state index is 13.6. The first-order chi connectivity index (χ1) is 14.1. The minimum atomic E-state index is -4.71. The van der Waals surface area contributed by atoms with Gasteiger partial charge in [-0.25, -0.2) is 23.1 Å². The second-order valence-corrected chi connectivity index (χ2v) is 7.09. The van der Waals surface area contributed by atoms with E-state index in [0.29, 0.717) is 0 Å². The van der Waals surface area contributed by atoms with Gasteiger partial charge in [-0.2, -0.15) is 13.2 Å². The molecule has 2 aromatic rings. The van der Waals surface area contributed by atoms with Crippen LogP contribution in [0.4, 0.5) is 26.3 Å². The third-order valence-corrected chi connectivity index (χ3v) is 4.96. The molecule has 0 bridgehead atoms. The van der Waals surface area contributed by atoms with Crippen molar-refractivity contribution in [3.8, 4) is 11.3 Å². The first kappa shape index (κ1) is 22.1. The number of carbonyl (C=O) groups is 1. The van der Waals surface area contributed by atoms with Crippen molar-refractivity contribution in [2.24, 2.45) is 0 Å². The number of Topliss-reactive ketones (excluding diaryl/α,β-unsaturated/α-hetero) is 1. The Labute approximate surface area is 167 Å². The molecule has 3 heterocycles. The van der Waals surface area contributed by atoms with Gasteiger partial charge < -0.3 is 5.32 Å². The lowest BCUT2D eigenvalue weighted by molar-refractivity contribution is -0.145. The summed E-state index contributed by atoms with van der Waals surface area (Å²) in [7, 11) is 0. The molecule has 0 spiro atoms. The Morgan fingerprint density at radius 2 is 1.87 bits per heavy atom. The van der Waals surface area contributed by atoms with E-state index in [4.69, 9.17) is 0 Å². The Morgan fingerprint density at radius 3 is 2.40 bits per heavy atom. The number of alkyl halides is 6. The van der Waals surface area contributed by atoms with Crippen molar-refractivity contribution in [2.45, 2.75) is 57.0 Å². The van der Waals surface area contributed by atoms with E-state index in [9.17, 15) is 31.1 Å². The van der Waals surface area contributed by atoms with Crippen molar-refractivity contribution in [3.63, 3.8) is 0 Å². The number of rotatable bonds is 6. The average Bonchev–Trinajstić information content (AvgIpc) is 3.04. The summed E-state index contributed by atoms with van der Waals surface area (Å²) in [5, 5.41) is 2.84. The topological polar surface area (TPSA) is 67.8 Å². The molecule has 0 radical (unpaired) electrons. The predicted octanol–water partition coefficient (Wildman–Crippen LogP) is 4.09. The van der Waals surface area contributed by atoms with Crippen LogP contribution in [0.5, 0.6) is 0 Å². The van der Waals surface area contributed by atoms with Crippen LogP contribution in [0.3, 0.4) is 0 Å². The number of hydrogen-bond acceptors (Lipinski definition) is 5. The summed E-state index contributed by atoms with van der Waals surface area (Å²) < 4.78 is 78.1. The van der Waals surface area contributed by atoms with Crippen LogP contribution >= 0.6 is 0 Å². The van der Waals surface area contributed by atoms with E-state index in [0.717, 1.165) is 18.6 Å². The summed E-state index contributed by atoms with van der Waals surface area (Å²) in [6.45, 7) is 1.62. The smallest absolute Gasteiger partial charge is 0.302 e. The van der Waals surface area contributed by atoms with E-state index in [2.05, 4.69) is 20.3 Å². The summed E-state index contributed by atoms with van der Waals surface area (Å²) in [5.74, 6) is -1.62. The summed E-state index contributed by atoms with van der Waals surface area (Å²) in [6, 6.07) is 0.154. The van der Waals surface area contributed by atoms with Gasteiger partial charge in [0.2, 0.25) is 5.82 Å². The first-order valence-electron chi connectivity index (χ1n) is 9.15. The molecule has 2 aromatic heterocycles. The van der Waals surface area contributed by atoms with Crippen molar-refractivity contribution in [2.75, 3.05) is 0 Å². The summed E-state index contributed by atoms with van der Waals surface area (Å²) in [5.41, 5.74) is -0.0310. The Morgan fingerprint density at radius 1 is 1.20 bits per heavy atom. The highest BCUT2D eigenvalue weighted by atomic mass is 19.4. The van der Waals surface area contributed by atoms with Crippen LogP contribution in [-0.2, 0) is 17.4 Å². The highest BCUT2D eigenvalue weighted by Gasteiger charge is 2.35. The van der Waals surface area contributed by atoms with Gasteiger partial charge in [-0.15, -0.1) is 0 Å². The molecule has 5 nitrogen and oxygen atoms in total. The normalized spacial score (nSPS) is 21.9. The van der Waals surface area contributed by atoms with Crippen molar-refractivity contribution < 1.29 is 31.1 Å². The Bertz CT molecular complexity index is 893. The lowest BCUT2D eigenvalue weighted by Gasteiger charge is -2.13. The maximum absolute atomic E-state index is 13.6. The quantitative estimate of drug-likeness (QED) is 0.697. The van der Waals surface area contributed by atoms with Crippen LogP contribution in [0.15, 0.2) is 24.7 Å². The zero-order chi connectivity index (χ0) is 22.1. The number of pyridine rings is 1. The van der Waals surface area contributed by atoms with Crippen LogP contribution in [-0.4, -0.2) is 39.0 Å². The molecule has 0 amide bonds. The number of carbonyl (C=O) groups excluding carboxylic acids is 1. The lowest BCUT2D eigenvalue weighted by Crippen LogP contribution is -2.35. The molecule has 0 saturated carbocycles. The molecule has 0 aliphatic carbocycles. The molecule has 1 aliphatic rings. The van der Waals surface area contributed by atoms with Crippen molar-refractivity contribution in [1.82, 2.24) is 20.3 Å². The van der Waals surface area contributed by atoms with Gasteiger partial charge in [0.1, 0.15) is 12.0 Å². The third-order valence-electron chi connectivity index (χ3n) is 4.96. The molecule has 3 atom stereocenters. The van der Waals surface area contributed by atoms with Crippen molar-refractivity contribution in [3.05, 3.63) is 41.6 Å². The van der Waals surface area contributed by atoms with E-state index in [-0.39, 0.29) is 47.4 Å². The van der Waals surface area contributed by atoms with Gasteiger partial charge in [0.15, 0.2) is 0 Å². The van der Waals surface area contributed by atoms with Gasteiger partial charge in [-0.1, -0.05) is 0 Å². The fraction of sp³-hybridized carbons (Fsp3) is 0.474. The molecular weight excluding hydrogens is 414 g/mol. The monoisotopic (exact) mass is 432 g/mol. The van der Waals surface area contributed by atoms with E-state index >= 15 is 0 Å². The maximum Gasteiger partial charge on any atom is 0.451 e. The van der Waals surface area contributed by atoms with Crippen LogP contribution in [0.2, 0.25) is 0 Å². The van der Waals surface area contributed by atoms with E-state index < -0.39 is 36.7 Å². The highest BCUT2D eigenvalue weighted by molar-refractivity contribution is 5.84. The van der Waals surface area contributed by atoms with Crippen molar-refractivity contribution in [1.29, 1.82) is 0 Å². The molecule has 1 saturated heterocycles. The molecule has 3 rings (SSSR count). The molecule has 0 aromatic carbocycles. The van der Waals surface area contributed by atoms with Gasteiger partial charge in [0.05, 0.1) is 11.7 Å². The SMILES string of the molecule is C[C@@H]1N[C@H](C(=O)CCc2cc(-c3cnc(C(F)(F)F)nc3)ncc2C(F)F)C[C@H]1F. The summed E-state index contributed by atoms with van der Waals surface area (Å²) in [4.78, 5) is 22.6. The highest BCUT2D eigenvalue weighted by Crippen LogP contribution is 2.29. The number of aryl methyl sites for hydroxylation is 1. The number of hydrogen-bond donors (Lipinski definition) is 1. The molecule has 1 aliphatic heterocycles. The fourth-order valence-corrected chi connectivity index (χ4v) is 3.26. The fourth-order valence-electron chi connectivity index (χ4n) is 3.26. The third kappa shape index (κ3) is 4.94. The zero-order valence-electron chi connectivity index (χ0n) is 15.8. The van der Waals surface area contributed by atoms with E-state index in [1.807, 2.05) is 0 Å². The van der Waals surface area contributed by atoms with Gasteiger partial charge in [-0.05, 0) is 25.0 Å². The molecule has 11 heteroatoms. The van der Waals surface area contributed by atoms with E-state index in [1.165, 1.54) is 6.07 Å².